The van der Waals surface area contributed by atoms with Crippen molar-refractivity contribution in [1.29, 1.82) is 0 Å². The highest BCUT2D eigenvalue weighted by atomic mass is 16.1. The van der Waals surface area contributed by atoms with Crippen LogP contribution in [0.3, 0.4) is 0 Å². The van der Waals surface area contributed by atoms with Crippen molar-refractivity contribution in [3.05, 3.63) is 46.2 Å². The zero-order valence-electron chi connectivity index (χ0n) is 10.1. The van der Waals surface area contributed by atoms with Crippen LogP contribution >= 0.6 is 0 Å². The lowest BCUT2D eigenvalue weighted by Crippen LogP contribution is -2.23. The Morgan fingerprint density at radius 1 is 1.18 bits per heavy atom. The summed E-state index contributed by atoms with van der Waals surface area (Å²) in [5, 5.41) is 1.21. The molecular formula is C15H17NO. The third-order valence-electron chi connectivity index (χ3n) is 3.86. The lowest BCUT2D eigenvalue weighted by atomic mass is 10.1. The summed E-state index contributed by atoms with van der Waals surface area (Å²) in [5.41, 5.74) is 2.34. The van der Waals surface area contributed by atoms with Gasteiger partial charge in [0.15, 0.2) is 0 Å². The van der Waals surface area contributed by atoms with Crippen LogP contribution in [0, 0.1) is 6.92 Å². The molecule has 1 aromatic heterocycles. The van der Waals surface area contributed by atoms with E-state index >= 15 is 0 Å². The normalized spacial score (nSPS) is 16.8. The summed E-state index contributed by atoms with van der Waals surface area (Å²) >= 11 is 0. The third-order valence-corrected chi connectivity index (χ3v) is 3.86. The van der Waals surface area contributed by atoms with E-state index in [1.54, 1.807) is 6.07 Å². The van der Waals surface area contributed by atoms with E-state index in [1.165, 1.54) is 18.2 Å². The highest BCUT2D eigenvalue weighted by Gasteiger charge is 2.19. The van der Waals surface area contributed by atoms with Gasteiger partial charge in [0.1, 0.15) is 0 Å². The molecule has 0 saturated heterocycles. The van der Waals surface area contributed by atoms with E-state index in [4.69, 9.17) is 0 Å². The van der Waals surface area contributed by atoms with Gasteiger partial charge in [-0.2, -0.15) is 0 Å². The molecule has 0 atom stereocenters. The Bertz CT molecular complexity index is 606. The maximum Gasteiger partial charge on any atom is 0.251 e. The average molecular weight is 227 g/mol. The Kier molecular flexibility index (Phi) is 2.50. The zero-order valence-corrected chi connectivity index (χ0v) is 10.1. The van der Waals surface area contributed by atoms with Crippen LogP contribution in [0.5, 0.6) is 0 Å². The molecule has 1 heterocycles. The predicted octanol–water partition coefficient (Wildman–Crippen LogP) is 3.43. The molecule has 1 aliphatic carbocycles. The SMILES string of the molecule is Cc1cc(=O)n(C2CCCC2)c2ccccc12. The van der Waals surface area contributed by atoms with Crippen LogP contribution in [0.1, 0.15) is 37.3 Å². The van der Waals surface area contributed by atoms with Gasteiger partial charge in [0, 0.05) is 17.5 Å². The molecule has 1 aromatic carbocycles. The van der Waals surface area contributed by atoms with Crippen molar-refractivity contribution >= 4 is 10.9 Å². The number of hydrogen-bond donors (Lipinski definition) is 0. The smallest absolute Gasteiger partial charge is 0.251 e. The van der Waals surface area contributed by atoms with Gasteiger partial charge in [0.2, 0.25) is 0 Å². The van der Waals surface area contributed by atoms with Gasteiger partial charge in [-0.1, -0.05) is 31.0 Å². The molecule has 1 saturated carbocycles. The molecule has 0 radical (unpaired) electrons. The molecule has 1 fully saturated rings. The van der Waals surface area contributed by atoms with Crippen LogP contribution in [0.25, 0.3) is 10.9 Å². The summed E-state index contributed by atoms with van der Waals surface area (Å²) < 4.78 is 2.01. The van der Waals surface area contributed by atoms with E-state index in [1.807, 2.05) is 23.6 Å². The first-order chi connectivity index (χ1) is 8.27. The van der Waals surface area contributed by atoms with Gasteiger partial charge >= 0.3 is 0 Å². The summed E-state index contributed by atoms with van der Waals surface area (Å²) in [6.45, 7) is 2.02. The van der Waals surface area contributed by atoms with Gasteiger partial charge < -0.3 is 4.57 Å². The van der Waals surface area contributed by atoms with Crippen molar-refractivity contribution in [2.75, 3.05) is 0 Å². The molecule has 3 rings (SSSR count). The second kappa shape index (κ2) is 4.02. The third kappa shape index (κ3) is 1.68. The molecule has 1 aliphatic rings. The Hall–Kier alpha value is -1.57. The van der Waals surface area contributed by atoms with E-state index in [-0.39, 0.29) is 5.56 Å². The Morgan fingerprint density at radius 2 is 1.88 bits per heavy atom. The monoisotopic (exact) mass is 227 g/mol. The number of para-hydroxylation sites is 1. The van der Waals surface area contributed by atoms with Gasteiger partial charge in [-0.3, -0.25) is 4.79 Å². The number of fused-ring (bicyclic) bond motifs is 1. The van der Waals surface area contributed by atoms with Crippen molar-refractivity contribution in [2.45, 2.75) is 38.6 Å². The fourth-order valence-electron chi connectivity index (χ4n) is 3.01. The average Bonchev–Trinajstić information content (AvgIpc) is 2.83. The van der Waals surface area contributed by atoms with E-state index < -0.39 is 0 Å². The molecule has 88 valence electrons. The fraction of sp³-hybridized carbons (Fsp3) is 0.400. The first kappa shape index (κ1) is 10.6. The summed E-state index contributed by atoms with van der Waals surface area (Å²) in [6, 6.07) is 10.4. The van der Waals surface area contributed by atoms with Gasteiger partial charge in [-0.05, 0) is 31.4 Å². The van der Waals surface area contributed by atoms with Crippen molar-refractivity contribution in [3.8, 4) is 0 Å². The molecule has 0 N–H and O–H groups in total. The predicted molar refractivity (Wildman–Crippen MR) is 70.5 cm³/mol. The lowest BCUT2D eigenvalue weighted by Gasteiger charge is -2.17. The van der Waals surface area contributed by atoms with Gasteiger partial charge in [0.25, 0.3) is 5.56 Å². The number of nitrogens with zero attached hydrogens (tertiary/aromatic N) is 1. The van der Waals surface area contributed by atoms with Crippen LogP contribution in [0.4, 0.5) is 0 Å². The van der Waals surface area contributed by atoms with E-state index in [9.17, 15) is 4.79 Å². The molecule has 0 unspecified atom stereocenters. The molecule has 0 amide bonds. The second-order valence-corrected chi connectivity index (χ2v) is 4.99. The number of aromatic nitrogens is 1. The van der Waals surface area contributed by atoms with Crippen molar-refractivity contribution in [2.24, 2.45) is 0 Å². The summed E-state index contributed by atoms with van der Waals surface area (Å²) in [6.07, 6.45) is 4.79. The first-order valence-corrected chi connectivity index (χ1v) is 6.38. The number of pyridine rings is 1. The minimum absolute atomic E-state index is 0.160. The number of benzene rings is 1. The minimum Gasteiger partial charge on any atom is -0.305 e. The van der Waals surface area contributed by atoms with Crippen LogP contribution < -0.4 is 5.56 Å². The van der Waals surface area contributed by atoms with Crippen LogP contribution in [0.2, 0.25) is 0 Å². The summed E-state index contributed by atoms with van der Waals surface area (Å²) in [5.74, 6) is 0. The maximum absolute atomic E-state index is 12.2. The number of rotatable bonds is 1. The summed E-state index contributed by atoms with van der Waals surface area (Å²) in [7, 11) is 0. The van der Waals surface area contributed by atoms with E-state index in [0.717, 1.165) is 23.9 Å². The maximum atomic E-state index is 12.2. The van der Waals surface area contributed by atoms with Crippen molar-refractivity contribution in [1.82, 2.24) is 4.57 Å². The van der Waals surface area contributed by atoms with Crippen LogP contribution in [-0.4, -0.2) is 4.57 Å². The topological polar surface area (TPSA) is 22.0 Å². The van der Waals surface area contributed by atoms with Crippen molar-refractivity contribution < 1.29 is 0 Å². The summed E-state index contributed by atoms with van der Waals surface area (Å²) in [4.78, 5) is 12.2. The van der Waals surface area contributed by atoms with Crippen LogP contribution in [-0.2, 0) is 0 Å². The molecule has 0 bridgehead atoms. The highest BCUT2D eigenvalue weighted by molar-refractivity contribution is 5.82. The first-order valence-electron chi connectivity index (χ1n) is 6.38. The molecule has 2 aromatic rings. The largest absolute Gasteiger partial charge is 0.305 e. The van der Waals surface area contributed by atoms with Gasteiger partial charge in [0.05, 0.1) is 5.52 Å². The quantitative estimate of drug-likeness (QED) is 0.731. The Labute approximate surface area is 101 Å². The minimum atomic E-state index is 0.160. The fourth-order valence-corrected chi connectivity index (χ4v) is 3.01. The van der Waals surface area contributed by atoms with Crippen LogP contribution in [0.15, 0.2) is 35.1 Å². The highest BCUT2D eigenvalue weighted by Crippen LogP contribution is 2.31. The molecule has 17 heavy (non-hydrogen) atoms. The van der Waals surface area contributed by atoms with E-state index in [0.29, 0.717) is 6.04 Å². The number of hydrogen-bond acceptors (Lipinski definition) is 1. The molecule has 2 heteroatoms. The standard InChI is InChI=1S/C15H17NO/c1-11-10-15(17)16(12-6-2-3-7-12)14-9-5-4-8-13(11)14/h4-5,8-10,12H,2-3,6-7H2,1H3. The van der Waals surface area contributed by atoms with E-state index in [2.05, 4.69) is 12.1 Å². The zero-order chi connectivity index (χ0) is 11.8. The molecular weight excluding hydrogens is 210 g/mol. The van der Waals surface area contributed by atoms with Crippen molar-refractivity contribution in [3.63, 3.8) is 0 Å². The Morgan fingerprint density at radius 3 is 2.65 bits per heavy atom. The second-order valence-electron chi connectivity index (χ2n) is 4.99. The Balaban J connectivity index is 2.32. The number of aryl methyl sites for hydroxylation is 1. The molecule has 2 nitrogen and oxygen atoms in total. The molecule has 0 spiro atoms. The van der Waals surface area contributed by atoms with Gasteiger partial charge in [-0.15, -0.1) is 0 Å². The molecule has 0 aliphatic heterocycles. The lowest BCUT2D eigenvalue weighted by molar-refractivity contribution is 0.519. The van der Waals surface area contributed by atoms with Gasteiger partial charge in [-0.25, -0.2) is 0 Å².